The number of carboxylic acids is 1. The van der Waals surface area contributed by atoms with Crippen LogP contribution in [0.2, 0.25) is 0 Å². The zero-order chi connectivity index (χ0) is 25.6. The standard InChI is InChI=1S/C10H14O3.C9H14O5.C4H6O/c1-6-3-4-8(9(11)5-6)7(2)10(12)13;1-5(8(11)13-3)7(6(2)10)9(12)14-4;1-3-4(2)5/h5,7-8H,3-4H2,1-2H3,(H,12,13);5,7H,1-4H3;3H,1H2,2H3. The van der Waals surface area contributed by atoms with Crippen molar-refractivity contribution in [3.05, 3.63) is 24.3 Å². The van der Waals surface area contributed by atoms with Crippen LogP contribution in [0.25, 0.3) is 0 Å². The zero-order valence-corrected chi connectivity index (χ0v) is 19.8. The summed E-state index contributed by atoms with van der Waals surface area (Å²) in [6.07, 6.45) is 4.37. The number of carbonyl (C=O) groups is 6. The lowest BCUT2D eigenvalue weighted by Crippen LogP contribution is -2.34. The van der Waals surface area contributed by atoms with Crippen LogP contribution in [0.1, 0.15) is 47.5 Å². The second kappa shape index (κ2) is 15.7. The number of ether oxygens (including phenoxy) is 2. The predicted octanol–water partition coefficient (Wildman–Crippen LogP) is 2.57. The molecule has 9 heteroatoms. The van der Waals surface area contributed by atoms with Gasteiger partial charge in [-0.15, -0.1) is 0 Å². The Bertz CT molecular complexity index is 749. The molecule has 0 aromatic carbocycles. The van der Waals surface area contributed by atoms with E-state index in [0.29, 0.717) is 6.42 Å². The second-order valence-corrected chi connectivity index (χ2v) is 7.40. The Morgan fingerprint density at radius 2 is 1.56 bits per heavy atom. The molecule has 1 N–H and O–H groups in total. The molecule has 0 amide bonds. The van der Waals surface area contributed by atoms with Gasteiger partial charge in [-0.25, -0.2) is 0 Å². The normalized spacial score (nSPS) is 17.4. The number of carboxylic acid groups (broad SMARTS) is 1. The second-order valence-electron chi connectivity index (χ2n) is 7.40. The van der Waals surface area contributed by atoms with Gasteiger partial charge in [0.05, 0.1) is 26.1 Å². The first-order chi connectivity index (χ1) is 14.7. The van der Waals surface area contributed by atoms with E-state index in [1.165, 1.54) is 41.1 Å². The lowest BCUT2D eigenvalue weighted by Gasteiger charge is -2.22. The smallest absolute Gasteiger partial charge is 0.317 e. The van der Waals surface area contributed by atoms with Crippen LogP contribution in [-0.4, -0.2) is 54.6 Å². The van der Waals surface area contributed by atoms with Crippen LogP contribution < -0.4 is 0 Å². The van der Waals surface area contributed by atoms with Crippen molar-refractivity contribution < 1.29 is 43.3 Å². The molecule has 0 saturated carbocycles. The number of allylic oxidation sites excluding steroid dienone is 3. The van der Waals surface area contributed by atoms with Crippen LogP contribution in [0, 0.1) is 23.7 Å². The molecule has 0 aromatic rings. The predicted molar refractivity (Wildman–Crippen MR) is 117 cm³/mol. The highest BCUT2D eigenvalue weighted by atomic mass is 16.5. The number of Topliss-reactive ketones (excluding diaryl/α,β-unsaturated/α-hetero) is 1. The van der Waals surface area contributed by atoms with Gasteiger partial charge in [0.15, 0.2) is 11.6 Å². The molecule has 1 aliphatic rings. The van der Waals surface area contributed by atoms with Gasteiger partial charge in [0, 0.05) is 5.92 Å². The van der Waals surface area contributed by atoms with Crippen LogP contribution in [0.4, 0.5) is 0 Å². The lowest BCUT2D eigenvalue weighted by atomic mass is 9.81. The van der Waals surface area contributed by atoms with Crippen LogP contribution >= 0.6 is 0 Å². The van der Waals surface area contributed by atoms with Crippen molar-refractivity contribution in [2.75, 3.05) is 14.2 Å². The topological polar surface area (TPSA) is 141 Å². The van der Waals surface area contributed by atoms with Gasteiger partial charge in [-0.1, -0.05) is 26.0 Å². The van der Waals surface area contributed by atoms with E-state index in [4.69, 9.17) is 5.11 Å². The van der Waals surface area contributed by atoms with Gasteiger partial charge in [-0.3, -0.25) is 28.8 Å². The summed E-state index contributed by atoms with van der Waals surface area (Å²) >= 11 is 0. The Morgan fingerprint density at radius 3 is 1.88 bits per heavy atom. The largest absolute Gasteiger partial charge is 0.481 e. The molecule has 180 valence electrons. The van der Waals surface area contributed by atoms with Crippen molar-refractivity contribution in [2.24, 2.45) is 23.7 Å². The van der Waals surface area contributed by atoms with E-state index in [1.807, 2.05) is 6.92 Å². The maximum absolute atomic E-state index is 11.4. The minimum atomic E-state index is -1.08. The number of carbonyl (C=O) groups excluding carboxylic acids is 5. The molecular formula is C23H34O9. The fourth-order valence-corrected chi connectivity index (χ4v) is 2.79. The van der Waals surface area contributed by atoms with Crippen molar-refractivity contribution in [3.63, 3.8) is 0 Å². The molecular weight excluding hydrogens is 420 g/mol. The summed E-state index contributed by atoms with van der Waals surface area (Å²) in [6, 6.07) is 0. The number of rotatable bonds is 7. The Kier molecular flexibility index (Phi) is 15.2. The molecule has 0 aliphatic heterocycles. The van der Waals surface area contributed by atoms with Gasteiger partial charge >= 0.3 is 17.9 Å². The molecule has 0 radical (unpaired) electrons. The minimum Gasteiger partial charge on any atom is -0.481 e. The summed E-state index contributed by atoms with van der Waals surface area (Å²) < 4.78 is 8.86. The van der Waals surface area contributed by atoms with E-state index in [-0.39, 0.29) is 17.5 Å². The maximum Gasteiger partial charge on any atom is 0.317 e. The Labute approximate surface area is 188 Å². The number of hydrogen-bond acceptors (Lipinski definition) is 8. The third-order valence-corrected chi connectivity index (χ3v) is 4.85. The molecule has 0 fully saturated rings. The molecule has 0 aromatic heterocycles. The monoisotopic (exact) mass is 454 g/mol. The zero-order valence-electron chi connectivity index (χ0n) is 19.8. The van der Waals surface area contributed by atoms with Crippen LogP contribution in [0.5, 0.6) is 0 Å². The van der Waals surface area contributed by atoms with Gasteiger partial charge in [0.1, 0.15) is 11.7 Å². The highest BCUT2D eigenvalue weighted by Gasteiger charge is 2.35. The Hall–Kier alpha value is -3.10. The summed E-state index contributed by atoms with van der Waals surface area (Å²) in [7, 11) is 2.37. The lowest BCUT2D eigenvalue weighted by molar-refractivity contribution is -0.159. The van der Waals surface area contributed by atoms with Crippen LogP contribution in [0.15, 0.2) is 24.3 Å². The van der Waals surface area contributed by atoms with Crippen molar-refractivity contribution >= 4 is 35.3 Å². The van der Waals surface area contributed by atoms with E-state index in [1.54, 1.807) is 13.0 Å². The van der Waals surface area contributed by atoms with Crippen molar-refractivity contribution in [1.29, 1.82) is 0 Å². The first-order valence-corrected chi connectivity index (χ1v) is 9.97. The molecule has 0 bridgehead atoms. The molecule has 4 unspecified atom stereocenters. The third-order valence-electron chi connectivity index (χ3n) is 4.85. The fourth-order valence-electron chi connectivity index (χ4n) is 2.79. The van der Waals surface area contributed by atoms with E-state index in [0.717, 1.165) is 12.0 Å². The average molecular weight is 455 g/mol. The van der Waals surface area contributed by atoms with Crippen molar-refractivity contribution in [3.8, 4) is 0 Å². The summed E-state index contributed by atoms with van der Waals surface area (Å²) in [6.45, 7) is 10.9. The highest BCUT2D eigenvalue weighted by molar-refractivity contribution is 6.01. The molecule has 0 saturated heterocycles. The minimum absolute atomic E-state index is 0.0185. The van der Waals surface area contributed by atoms with Crippen molar-refractivity contribution in [2.45, 2.75) is 47.5 Å². The third kappa shape index (κ3) is 11.3. The summed E-state index contributed by atoms with van der Waals surface area (Å²) in [5.41, 5.74) is 1.05. The van der Waals surface area contributed by atoms with Gasteiger partial charge in [-0.2, -0.15) is 0 Å². The molecule has 0 heterocycles. The summed E-state index contributed by atoms with van der Waals surface area (Å²) in [5, 5.41) is 8.75. The van der Waals surface area contributed by atoms with Gasteiger partial charge < -0.3 is 14.6 Å². The Balaban J connectivity index is 0. The number of methoxy groups -OCH3 is 2. The summed E-state index contributed by atoms with van der Waals surface area (Å²) in [5.74, 6) is -5.38. The van der Waals surface area contributed by atoms with Crippen molar-refractivity contribution in [1.82, 2.24) is 0 Å². The highest BCUT2D eigenvalue weighted by Crippen LogP contribution is 2.26. The Morgan fingerprint density at radius 1 is 1.09 bits per heavy atom. The summed E-state index contributed by atoms with van der Waals surface area (Å²) in [4.78, 5) is 65.1. The van der Waals surface area contributed by atoms with E-state index >= 15 is 0 Å². The fraction of sp³-hybridized carbons (Fsp3) is 0.565. The van der Waals surface area contributed by atoms with Gasteiger partial charge in [0.25, 0.3) is 0 Å². The van der Waals surface area contributed by atoms with E-state index in [2.05, 4.69) is 16.1 Å². The molecule has 1 aliphatic carbocycles. The number of ketones is 3. The maximum atomic E-state index is 11.4. The number of aliphatic carboxylic acids is 1. The number of esters is 2. The molecule has 9 nitrogen and oxygen atoms in total. The van der Waals surface area contributed by atoms with Gasteiger partial charge in [0.2, 0.25) is 0 Å². The van der Waals surface area contributed by atoms with Gasteiger partial charge in [-0.05, 0) is 45.8 Å². The molecule has 1 rings (SSSR count). The average Bonchev–Trinajstić information content (AvgIpc) is 2.73. The first kappa shape index (κ1) is 31.1. The molecule has 32 heavy (non-hydrogen) atoms. The molecule has 4 atom stereocenters. The number of hydrogen-bond donors (Lipinski definition) is 1. The van der Waals surface area contributed by atoms with Crippen LogP contribution in [0.3, 0.4) is 0 Å². The van der Waals surface area contributed by atoms with E-state index in [9.17, 15) is 28.8 Å². The molecule has 0 spiro atoms. The van der Waals surface area contributed by atoms with E-state index < -0.39 is 41.4 Å². The van der Waals surface area contributed by atoms with Crippen LogP contribution in [-0.2, 0) is 38.2 Å². The SMILES string of the molecule is C=CC(C)=O.CC1=CC(=O)C(C(C)C(=O)O)CC1.COC(=O)C(C)C(C(C)=O)C(=O)OC. The first-order valence-electron chi connectivity index (χ1n) is 9.97. The quantitative estimate of drug-likeness (QED) is 0.349.